The van der Waals surface area contributed by atoms with Crippen LogP contribution in [0.5, 0.6) is 11.5 Å². The fourth-order valence-corrected chi connectivity index (χ4v) is 2.99. The van der Waals surface area contributed by atoms with E-state index in [1.165, 1.54) is 6.33 Å². The highest BCUT2D eigenvalue weighted by Gasteiger charge is 2.24. The zero-order chi connectivity index (χ0) is 20.1. The average molecular weight is 391 g/mol. The number of benzene rings is 1. The lowest BCUT2D eigenvalue weighted by atomic mass is 10.2. The number of nitrogens with one attached hydrogen (secondary N) is 1. The summed E-state index contributed by atoms with van der Waals surface area (Å²) in [6, 6.07) is 12.9. The van der Waals surface area contributed by atoms with Gasteiger partial charge in [-0.2, -0.15) is 0 Å². The Balaban J connectivity index is 1.32. The Morgan fingerprint density at radius 1 is 1.17 bits per heavy atom. The zero-order valence-electron chi connectivity index (χ0n) is 16.0. The summed E-state index contributed by atoms with van der Waals surface area (Å²) in [5, 5.41) is 3.17. The van der Waals surface area contributed by atoms with E-state index in [0.717, 1.165) is 11.4 Å². The van der Waals surface area contributed by atoms with Crippen LogP contribution < -0.4 is 14.8 Å². The van der Waals surface area contributed by atoms with Crippen molar-refractivity contribution in [1.82, 2.24) is 19.9 Å². The minimum Gasteiger partial charge on any atom is -0.486 e. The van der Waals surface area contributed by atoms with Crippen LogP contribution in [0.3, 0.4) is 0 Å². The number of carbonyl (C=O) groups excluding carboxylic acids is 1. The fourth-order valence-electron chi connectivity index (χ4n) is 2.99. The first-order valence-corrected chi connectivity index (χ1v) is 9.28. The Morgan fingerprint density at radius 3 is 2.79 bits per heavy atom. The molecule has 2 aromatic heterocycles. The van der Waals surface area contributed by atoms with E-state index in [4.69, 9.17) is 9.47 Å². The van der Waals surface area contributed by atoms with Crippen LogP contribution in [-0.4, -0.2) is 52.1 Å². The highest BCUT2D eigenvalue weighted by atomic mass is 16.6. The van der Waals surface area contributed by atoms with Gasteiger partial charge in [0, 0.05) is 19.4 Å². The molecule has 1 aliphatic heterocycles. The molecule has 1 N–H and O–H groups in total. The van der Waals surface area contributed by atoms with Gasteiger partial charge in [-0.15, -0.1) is 0 Å². The summed E-state index contributed by atoms with van der Waals surface area (Å²) in [4.78, 5) is 26.7. The van der Waals surface area contributed by atoms with Gasteiger partial charge in [0.25, 0.3) is 5.91 Å². The highest BCUT2D eigenvalue weighted by molar-refractivity contribution is 5.93. The zero-order valence-corrected chi connectivity index (χ0v) is 16.0. The highest BCUT2D eigenvalue weighted by Crippen LogP contribution is 2.31. The largest absolute Gasteiger partial charge is 0.486 e. The number of hydrogen-bond acceptors (Lipinski definition) is 7. The Bertz CT molecular complexity index is 966. The minimum atomic E-state index is -0.222. The number of likely N-dealkylation sites (N-methyl/N-ethyl adjacent to an activating group) is 1. The standard InChI is InChI=1S/C21H21N5O3/c1-26(12-17-13-28-18-4-2-3-5-19(18)29-17)21(27)15-6-7-20(23-10-15)24-11-16-8-9-22-14-25-16/h2-10,14,17H,11-13H2,1H3,(H,23,24)/t17-/m0/s1. The van der Waals surface area contributed by atoms with E-state index in [0.29, 0.717) is 36.8 Å². The van der Waals surface area contributed by atoms with Crippen LogP contribution >= 0.6 is 0 Å². The molecule has 0 saturated heterocycles. The molecule has 1 aliphatic rings. The second-order valence-electron chi connectivity index (χ2n) is 6.67. The number of para-hydroxylation sites is 2. The second-order valence-corrected chi connectivity index (χ2v) is 6.67. The first kappa shape index (κ1) is 18.7. The van der Waals surface area contributed by atoms with Crippen LogP contribution in [0.15, 0.2) is 61.2 Å². The van der Waals surface area contributed by atoms with Crippen LogP contribution in [-0.2, 0) is 6.54 Å². The molecule has 4 rings (SSSR count). The van der Waals surface area contributed by atoms with E-state index in [-0.39, 0.29) is 12.0 Å². The average Bonchev–Trinajstić information content (AvgIpc) is 2.78. The monoisotopic (exact) mass is 391 g/mol. The third-order valence-corrected chi connectivity index (χ3v) is 4.50. The van der Waals surface area contributed by atoms with E-state index in [2.05, 4.69) is 20.3 Å². The number of amides is 1. The molecule has 0 aliphatic carbocycles. The van der Waals surface area contributed by atoms with E-state index in [1.54, 1.807) is 36.5 Å². The van der Waals surface area contributed by atoms with Crippen molar-refractivity contribution in [2.45, 2.75) is 12.6 Å². The lowest BCUT2D eigenvalue weighted by Gasteiger charge is -2.29. The fraction of sp³-hybridized carbons (Fsp3) is 0.238. The van der Waals surface area contributed by atoms with Crippen molar-refractivity contribution in [2.24, 2.45) is 0 Å². The maximum absolute atomic E-state index is 12.7. The van der Waals surface area contributed by atoms with Gasteiger partial charge in [0.2, 0.25) is 0 Å². The first-order valence-electron chi connectivity index (χ1n) is 9.28. The maximum Gasteiger partial charge on any atom is 0.255 e. The van der Waals surface area contributed by atoms with Crippen LogP contribution in [0.2, 0.25) is 0 Å². The topological polar surface area (TPSA) is 89.5 Å². The number of pyridine rings is 1. The van der Waals surface area contributed by atoms with Crippen LogP contribution in [0.25, 0.3) is 0 Å². The van der Waals surface area contributed by atoms with Crippen molar-refractivity contribution < 1.29 is 14.3 Å². The molecule has 1 aromatic carbocycles. The quantitative estimate of drug-likeness (QED) is 0.690. The third-order valence-electron chi connectivity index (χ3n) is 4.50. The summed E-state index contributed by atoms with van der Waals surface area (Å²) in [5.41, 5.74) is 1.37. The van der Waals surface area contributed by atoms with Gasteiger partial charge in [0.15, 0.2) is 17.6 Å². The SMILES string of the molecule is CN(C[C@H]1COc2ccccc2O1)C(=O)c1ccc(NCc2ccncn2)nc1. The van der Waals surface area contributed by atoms with Gasteiger partial charge >= 0.3 is 0 Å². The van der Waals surface area contributed by atoms with E-state index >= 15 is 0 Å². The molecule has 8 nitrogen and oxygen atoms in total. The van der Waals surface area contributed by atoms with Gasteiger partial charge in [0.05, 0.1) is 24.3 Å². The normalized spacial score (nSPS) is 14.9. The van der Waals surface area contributed by atoms with Crippen molar-refractivity contribution >= 4 is 11.7 Å². The molecule has 29 heavy (non-hydrogen) atoms. The molecular weight excluding hydrogens is 370 g/mol. The molecule has 1 amide bonds. The lowest BCUT2D eigenvalue weighted by Crippen LogP contribution is -2.41. The maximum atomic E-state index is 12.7. The van der Waals surface area contributed by atoms with Gasteiger partial charge in [-0.3, -0.25) is 4.79 Å². The summed E-state index contributed by atoms with van der Waals surface area (Å²) in [5.74, 6) is 1.98. The van der Waals surface area contributed by atoms with Crippen molar-refractivity contribution in [3.8, 4) is 11.5 Å². The van der Waals surface area contributed by atoms with Crippen LogP contribution in [0.4, 0.5) is 5.82 Å². The molecule has 0 spiro atoms. The van der Waals surface area contributed by atoms with Crippen molar-refractivity contribution in [3.63, 3.8) is 0 Å². The molecule has 1 atom stereocenters. The molecule has 148 valence electrons. The summed E-state index contributed by atoms with van der Waals surface area (Å²) >= 11 is 0. The second kappa shape index (κ2) is 8.55. The Kier molecular flexibility index (Phi) is 5.51. The molecule has 8 heteroatoms. The number of carbonyl (C=O) groups is 1. The lowest BCUT2D eigenvalue weighted by molar-refractivity contribution is 0.0520. The molecule has 3 aromatic rings. The summed E-state index contributed by atoms with van der Waals surface area (Å²) in [6.07, 6.45) is 4.53. The third kappa shape index (κ3) is 4.60. The number of anilines is 1. The Morgan fingerprint density at radius 2 is 2.03 bits per heavy atom. The first-order chi connectivity index (χ1) is 14.2. The number of ether oxygens (including phenoxy) is 2. The number of hydrogen-bond donors (Lipinski definition) is 1. The van der Waals surface area contributed by atoms with Gasteiger partial charge in [-0.25, -0.2) is 15.0 Å². The molecule has 0 radical (unpaired) electrons. The van der Waals surface area contributed by atoms with Gasteiger partial charge in [0.1, 0.15) is 18.8 Å². The van der Waals surface area contributed by atoms with E-state index < -0.39 is 0 Å². The number of aromatic nitrogens is 3. The summed E-state index contributed by atoms with van der Waals surface area (Å²) in [6.45, 7) is 1.35. The summed E-state index contributed by atoms with van der Waals surface area (Å²) < 4.78 is 11.6. The minimum absolute atomic E-state index is 0.123. The molecule has 3 heterocycles. The molecule has 0 unspecified atom stereocenters. The Hall–Kier alpha value is -3.68. The Labute approximate surface area is 168 Å². The predicted octanol–water partition coefficient (Wildman–Crippen LogP) is 2.40. The van der Waals surface area contributed by atoms with Crippen molar-refractivity contribution in [3.05, 3.63) is 72.4 Å². The van der Waals surface area contributed by atoms with Gasteiger partial charge in [-0.05, 0) is 30.3 Å². The van der Waals surface area contributed by atoms with Crippen molar-refractivity contribution in [1.29, 1.82) is 0 Å². The van der Waals surface area contributed by atoms with E-state index in [1.807, 2.05) is 30.3 Å². The predicted molar refractivity (Wildman–Crippen MR) is 107 cm³/mol. The number of nitrogens with zero attached hydrogens (tertiary/aromatic N) is 4. The van der Waals surface area contributed by atoms with Crippen LogP contribution in [0, 0.1) is 0 Å². The van der Waals surface area contributed by atoms with Crippen molar-refractivity contribution in [2.75, 3.05) is 25.5 Å². The summed E-state index contributed by atoms with van der Waals surface area (Å²) in [7, 11) is 1.74. The van der Waals surface area contributed by atoms with Crippen LogP contribution in [0.1, 0.15) is 16.1 Å². The van der Waals surface area contributed by atoms with E-state index in [9.17, 15) is 4.79 Å². The number of rotatable bonds is 6. The molecule has 0 bridgehead atoms. The molecule has 0 fully saturated rings. The smallest absolute Gasteiger partial charge is 0.255 e. The van der Waals surface area contributed by atoms with Gasteiger partial charge < -0.3 is 19.7 Å². The molecular formula is C21H21N5O3. The van der Waals surface area contributed by atoms with Gasteiger partial charge in [-0.1, -0.05) is 12.1 Å². The number of fused-ring (bicyclic) bond motifs is 1. The molecule has 0 saturated carbocycles.